The number of hydrogen-bond acceptors (Lipinski definition) is 3. The van der Waals surface area contributed by atoms with Gasteiger partial charge < -0.3 is 10.2 Å². The molecule has 0 amide bonds. The number of rotatable bonds is 6. The number of aliphatic hydroxyl groups is 2. The van der Waals surface area contributed by atoms with Crippen molar-refractivity contribution in [2.75, 3.05) is 19.0 Å². The summed E-state index contributed by atoms with van der Waals surface area (Å²) in [4.78, 5) is 2.10. The molecule has 1 aromatic heterocycles. The lowest BCUT2D eigenvalue weighted by atomic mass is 9.93. The maximum absolute atomic E-state index is 9.93. The van der Waals surface area contributed by atoms with Crippen LogP contribution in [0, 0.1) is 0 Å². The Kier molecular flexibility index (Phi) is 6.55. The number of nitrogens with zero attached hydrogens (tertiary/aromatic N) is 2. The van der Waals surface area contributed by atoms with Crippen LogP contribution in [0.2, 0.25) is 0 Å². The number of pyridine rings is 1. The smallest absolute Gasteiger partial charge is 0.284 e. The van der Waals surface area contributed by atoms with Crippen molar-refractivity contribution in [1.82, 2.24) is 0 Å². The average molecular weight is 476 g/mol. The zero-order valence-electron chi connectivity index (χ0n) is 20.9. The number of anilines is 1. The fraction of sp³-hybridized carbons (Fsp3) is 0.156. The zero-order valence-corrected chi connectivity index (χ0v) is 20.9. The summed E-state index contributed by atoms with van der Waals surface area (Å²) in [6.07, 6.45) is 0. The Hall–Kier alpha value is -3.99. The molecule has 0 spiro atoms. The summed E-state index contributed by atoms with van der Waals surface area (Å²) in [6, 6.07) is 33.8. The molecule has 2 N–H and O–H groups in total. The van der Waals surface area contributed by atoms with Gasteiger partial charge in [0.15, 0.2) is 0 Å². The number of aromatic nitrogens is 1. The van der Waals surface area contributed by atoms with E-state index in [9.17, 15) is 10.2 Å². The maximum Gasteiger partial charge on any atom is 0.284 e. The molecule has 0 aliphatic carbocycles. The highest BCUT2D eigenvalue weighted by atomic mass is 16.3. The van der Waals surface area contributed by atoms with Crippen molar-refractivity contribution >= 4 is 16.6 Å². The Balaban J connectivity index is 1.81. The van der Waals surface area contributed by atoms with Crippen LogP contribution in [0.1, 0.15) is 11.1 Å². The van der Waals surface area contributed by atoms with Crippen LogP contribution in [-0.4, -0.2) is 24.3 Å². The monoisotopic (exact) mass is 475 g/mol. The molecule has 0 radical (unpaired) electrons. The minimum absolute atomic E-state index is 0.107. The van der Waals surface area contributed by atoms with Gasteiger partial charge in [0.1, 0.15) is 5.69 Å². The molecule has 5 rings (SSSR count). The molecule has 180 valence electrons. The maximum atomic E-state index is 9.93. The summed E-state index contributed by atoms with van der Waals surface area (Å²) in [5.41, 5.74) is 8.33. The van der Waals surface area contributed by atoms with Gasteiger partial charge in [0.05, 0.1) is 39.7 Å². The summed E-state index contributed by atoms with van der Waals surface area (Å²) in [6.45, 7) is -0.217. The van der Waals surface area contributed by atoms with E-state index >= 15 is 0 Å². The average Bonchev–Trinajstić information content (AvgIpc) is 2.92. The van der Waals surface area contributed by atoms with Crippen molar-refractivity contribution in [3.63, 3.8) is 0 Å². The first-order valence-electron chi connectivity index (χ1n) is 12.1. The molecule has 0 saturated carbocycles. The van der Waals surface area contributed by atoms with E-state index in [-0.39, 0.29) is 13.2 Å². The molecule has 4 nitrogen and oxygen atoms in total. The van der Waals surface area contributed by atoms with E-state index < -0.39 is 0 Å². The van der Waals surface area contributed by atoms with E-state index in [0.717, 1.165) is 50.1 Å². The highest BCUT2D eigenvalue weighted by molar-refractivity contribution is 5.94. The van der Waals surface area contributed by atoms with Crippen LogP contribution in [0.5, 0.6) is 0 Å². The van der Waals surface area contributed by atoms with Gasteiger partial charge in [-0.25, -0.2) is 4.57 Å². The van der Waals surface area contributed by atoms with Crippen LogP contribution in [-0.2, 0) is 20.3 Å². The first-order chi connectivity index (χ1) is 17.5. The normalized spacial score (nSPS) is 11.1. The lowest BCUT2D eigenvalue weighted by Gasteiger charge is -2.18. The molecular formula is C32H31N2O2+. The van der Waals surface area contributed by atoms with E-state index in [1.54, 1.807) is 0 Å². The minimum atomic E-state index is -0.110. The van der Waals surface area contributed by atoms with Gasteiger partial charge in [0.2, 0.25) is 0 Å². The predicted octanol–water partition coefficient (Wildman–Crippen LogP) is 5.72. The largest absolute Gasteiger partial charge is 0.392 e. The van der Waals surface area contributed by atoms with Crippen molar-refractivity contribution in [2.45, 2.75) is 13.2 Å². The van der Waals surface area contributed by atoms with Crippen LogP contribution in [0.3, 0.4) is 0 Å². The van der Waals surface area contributed by atoms with Gasteiger partial charge >= 0.3 is 0 Å². The lowest BCUT2D eigenvalue weighted by molar-refractivity contribution is -0.646. The van der Waals surface area contributed by atoms with Crippen LogP contribution < -0.4 is 9.47 Å². The Morgan fingerprint density at radius 2 is 1.11 bits per heavy atom. The minimum Gasteiger partial charge on any atom is -0.392 e. The lowest BCUT2D eigenvalue weighted by Crippen LogP contribution is -2.38. The Morgan fingerprint density at radius 1 is 0.611 bits per heavy atom. The van der Waals surface area contributed by atoms with Crippen molar-refractivity contribution in [2.24, 2.45) is 7.05 Å². The molecule has 4 aromatic carbocycles. The fourth-order valence-corrected chi connectivity index (χ4v) is 5.04. The predicted molar refractivity (Wildman–Crippen MR) is 148 cm³/mol. The summed E-state index contributed by atoms with van der Waals surface area (Å²) in [5, 5.41) is 21.9. The molecule has 0 atom stereocenters. The fourth-order valence-electron chi connectivity index (χ4n) is 5.04. The van der Waals surface area contributed by atoms with Crippen LogP contribution in [0.15, 0.2) is 97.1 Å². The van der Waals surface area contributed by atoms with Gasteiger partial charge in [-0.1, -0.05) is 60.7 Å². The standard InChI is InChI=1S/C32H31N2O2/c1-33(2)32-30-18-29(21-36)28(20-35)17-26(30)19-31(34(32)3)27-15-24(22-10-6-4-7-11-22)14-25(16-27)23-12-8-5-9-13-23/h4-19,35-36H,20-21H2,1-3H3/q+1. The topological polar surface area (TPSA) is 47.6 Å². The van der Waals surface area contributed by atoms with Gasteiger partial charge in [-0.05, 0) is 75.2 Å². The summed E-state index contributed by atoms with van der Waals surface area (Å²) in [7, 11) is 6.15. The quantitative estimate of drug-likeness (QED) is 0.309. The summed E-state index contributed by atoms with van der Waals surface area (Å²) in [5.74, 6) is 1.04. The van der Waals surface area contributed by atoms with Crippen LogP contribution in [0.25, 0.3) is 44.3 Å². The van der Waals surface area contributed by atoms with Crippen LogP contribution >= 0.6 is 0 Å². The molecule has 0 fully saturated rings. The summed E-state index contributed by atoms with van der Waals surface area (Å²) >= 11 is 0. The molecule has 36 heavy (non-hydrogen) atoms. The van der Waals surface area contributed by atoms with E-state index in [1.807, 2.05) is 38.4 Å². The molecule has 0 unspecified atom stereocenters. The van der Waals surface area contributed by atoms with Gasteiger partial charge in [0.25, 0.3) is 5.82 Å². The molecule has 5 aromatic rings. The molecule has 0 saturated heterocycles. The SMILES string of the molecule is CN(C)c1c2cc(CO)c(CO)cc2cc(-c2cc(-c3ccccc3)cc(-c3ccccc3)c2)[n+]1C. The van der Waals surface area contributed by atoms with Crippen molar-refractivity contribution in [1.29, 1.82) is 0 Å². The third-order valence-electron chi connectivity index (χ3n) is 6.79. The first kappa shape index (κ1) is 23.7. The Bertz CT molecular complexity index is 1470. The van der Waals surface area contributed by atoms with E-state index in [4.69, 9.17) is 0 Å². The highest BCUT2D eigenvalue weighted by Gasteiger charge is 2.22. The second-order valence-corrected chi connectivity index (χ2v) is 9.36. The third-order valence-corrected chi connectivity index (χ3v) is 6.79. The number of aliphatic hydroxyl groups excluding tert-OH is 2. The van der Waals surface area contributed by atoms with E-state index in [0.29, 0.717) is 0 Å². The van der Waals surface area contributed by atoms with Crippen molar-refractivity contribution in [3.05, 3.63) is 108 Å². The van der Waals surface area contributed by atoms with Gasteiger partial charge in [-0.3, -0.25) is 4.90 Å². The number of fused-ring (bicyclic) bond motifs is 1. The number of benzene rings is 4. The van der Waals surface area contributed by atoms with Crippen molar-refractivity contribution < 1.29 is 14.8 Å². The Labute approximate surface area is 212 Å². The molecule has 0 bridgehead atoms. The van der Waals surface area contributed by atoms with Gasteiger partial charge in [-0.2, -0.15) is 0 Å². The number of hydrogen-bond donors (Lipinski definition) is 2. The first-order valence-corrected chi connectivity index (χ1v) is 12.1. The summed E-state index contributed by atoms with van der Waals surface area (Å²) < 4.78 is 2.21. The van der Waals surface area contributed by atoms with Crippen molar-refractivity contribution in [3.8, 4) is 33.5 Å². The van der Waals surface area contributed by atoms with Crippen LogP contribution in [0.4, 0.5) is 5.82 Å². The zero-order chi connectivity index (χ0) is 25.2. The van der Waals surface area contributed by atoms with E-state index in [1.165, 1.54) is 11.1 Å². The van der Waals surface area contributed by atoms with Gasteiger partial charge in [0, 0.05) is 5.56 Å². The van der Waals surface area contributed by atoms with E-state index in [2.05, 4.69) is 89.3 Å². The van der Waals surface area contributed by atoms with Gasteiger partial charge in [-0.15, -0.1) is 0 Å². The highest BCUT2D eigenvalue weighted by Crippen LogP contribution is 2.35. The molecule has 0 aliphatic heterocycles. The molecule has 0 aliphatic rings. The second kappa shape index (κ2) is 9.94. The molecule has 1 heterocycles. The molecule has 4 heteroatoms. The Morgan fingerprint density at radius 3 is 1.61 bits per heavy atom. The third kappa shape index (κ3) is 4.37. The molecular weight excluding hydrogens is 444 g/mol. The second-order valence-electron chi connectivity index (χ2n) is 9.36.